The van der Waals surface area contributed by atoms with Crippen molar-refractivity contribution in [3.05, 3.63) is 98.5 Å². The van der Waals surface area contributed by atoms with Crippen molar-refractivity contribution in [3.63, 3.8) is 0 Å². The van der Waals surface area contributed by atoms with Gasteiger partial charge in [0.05, 0.1) is 27.3 Å². The van der Waals surface area contributed by atoms with E-state index in [0.29, 0.717) is 28.7 Å². The molecule has 0 aromatic heterocycles. The van der Waals surface area contributed by atoms with E-state index in [1.54, 1.807) is 0 Å². The summed E-state index contributed by atoms with van der Waals surface area (Å²) < 4.78 is 88.8. The van der Waals surface area contributed by atoms with Gasteiger partial charge in [-0.15, -0.1) is 0 Å². The SMILES string of the molecule is O=C(O[C@@H](C(=O)O)[C@@H](OC(=O)c1cccc(C(F)(F)F)c1)C(=O)Nc1ccc(Br)c(Cl)c1)c1cccc(C(F)(F)F)c1. The normalized spacial score (nSPS) is 13.0. The molecule has 3 aromatic rings. The molecule has 8 nitrogen and oxygen atoms in total. The fourth-order valence-electron chi connectivity index (χ4n) is 3.29. The molecule has 0 aliphatic rings. The highest BCUT2D eigenvalue weighted by atomic mass is 79.9. The number of hydrogen-bond donors (Lipinski definition) is 2. The number of carboxylic acid groups (broad SMARTS) is 1. The number of carbonyl (C=O) groups excluding carboxylic acids is 3. The van der Waals surface area contributed by atoms with Gasteiger partial charge in [-0.25, -0.2) is 14.4 Å². The molecule has 0 saturated carbocycles. The minimum atomic E-state index is -4.88. The zero-order valence-electron chi connectivity index (χ0n) is 20.4. The summed E-state index contributed by atoms with van der Waals surface area (Å²) in [6, 6.07) is 9.27. The molecule has 3 rings (SSSR count). The highest BCUT2D eigenvalue weighted by Crippen LogP contribution is 2.31. The Hall–Kier alpha value is -4.11. The summed E-state index contributed by atoms with van der Waals surface area (Å²) in [5.74, 6) is -6.77. The Labute approximate surface area is 245 Å². The number of anilines is 1. The van der Waals surface area contributed by atoms with Crippen LogP contribution in [0.2, 0.25) is 5.02 Å². The van der Waals surface area contributed by atoms with Crippen molar-refractivity contribution in [3.8, 4) is 0 Å². The molecule has 0 saturated heterocycles. The third-order valence-electron chi connectivity index (χ3n) is 5.28. The molecule has 0 aliphatic carbocycles. The molecular formula is C26H15BrClF6NO7. The van der Waals surface area contributed by atoms with E-state index >= 15 is 0 Å². The van der Waals surface area contributed by atoms with Crippen molar-refractivity contribution in [2.75, 3.05) is 5.32 Å². The van der Waals surface area contributed by atoms with E-state index in [1.807, 2.05) is 0 Å². The second kappa shape index (κ2) is 12.8. The van der Waals surface area contributed by atoms with Gasteiger partial charge in [0.25, 0.3) is 5.91 Å². The quantitative estimate of drug-likeness (QED) is 0.203. The van der Waals surface area contributed by atoms with E-state index in [0.717, 1.165) is 24.3 Å². The second-order valence-corrected chi connectivity index (χ2v) is 9.53. The first-order valence-electron chi connectivity index (χ1n) is 11.2. The predicted octanol–water partition coefficient (Wildman–Crippen LogP) is 6.61. The summed E-state index contributed by atoms with van der Waals surface area (Å²) in [5, 5.41) is 12.0. The predicted molar refractivity (Wildman–Crippen MR) is 137 cm³/mol. The summed E-state index contributed by atoms with van der Waals surface area (Å²) >= 11 is 9.08. The molecule has 0 heterocycles. The zero-order chi connectivity index (χ0) is 31.4. The number of halogens is 8. The summed E-state index contributed by atoms with van der Waals surface area (Å²) in [7, 11) is 0. The van der Waals surface area contributed by atoms with Crippen molar-refractivity contribution >= 4 is 57.0 Å². The van der Waals surface area contributed by atoms with Crippen LogP contribution in [-0.2, 0) is 31.4 Å². The second-order valence-electron chi connectivity index (χ2n) is 8.27. The monoisotopic (exact) mass is 681 g/mol. The molecular weight excluding hydrogens is 668 g/mol. The molecule has 0 bridgehead atoms. The number of benzene rings is 3. The molecule has 42 heavy (non-hydrogen) atoms. The van der Waals surface area contributed by atoms with Gasteiger partial charge in [-0.05, 0) is 70.5 Å². The van der Waals surface area contributed by atoms with Crippen LogP contribution in [0.3, 0.4) is 0 Å². The van der Waals surface area contributed by atoms with E-state index in [4.69, 9.17) is 21.1 Å². The van der Waals surface area contributed by atoms with Crippen LogP contribution in [0.5, 0.6) is 0 Å². The maximum Gasteiger partial charge on any atom is 0.416 e. The zero-order valence-corrected chi connectivity index (χ0v) is 22.8. The van der Waals surface area contributed by atoms with Crippen LogP contribution < -0.4 is 5.32 Å². The fourth-order valence-corrected chi connectivity index (χ4v) is 3.72. The lowest BCUT2D eigenvalue weighted by Crippen LogP contribution is -2.48. The van der Waals surface area contributed by atoms with Crippen molar-refractivity contribution in [1.29, 1.82) is 0 Å². The van der Waals surface area contributed by atoms with Gasteiger partial charge < -0.3 is 19.9 Å². The number of esters is 2. The number of nitrogens with one attached hydrogen (secondary N) is 1. The number of alkyl halides is 6. The number of ether oxygens (including phenoxy) is 2. The third kappa shape index (κ3) is 8.22. The van der Waals surface area contributed by atoms with E-state index < -0.39 is 70.6 Å². The molecule has 0 spiro atoms. The topological polar surface area (TPSA) is 119 Å². The van der Waals surface area contributed by atoms with Gasteiger partial charge in [0, 0.05) is 10.2 Å². The Kier molecular flexibility index (Phi) is 9.89. The van der Waals surface area contributed by atoms with Crippen LogP contribution in [0.4, 0.5) is 32.0 Å². The van der Waals surface area contributed by atoms with Gasteiger partial charge in [-0.3, -0.25) is 4.79 Å². The molecule has 0 aliphatic heterocycles. The van der Waals surface area contributed by atoms with Crippen molar-refractivity contribution < 1.29 is 60.1 Å². The molecule has 222 valence electrons. The standard InChI is InChI=1S/C26H15BrClF6NO7/c27-17-8-7-16(11-18(17)28)35-21(36)19(41-23(39)12-3-1-5-14(9-12)25(29,30)31)20(22(37)38)42-24(40)13-4-2-6-15(10-13)26(32,33)34/h1-11,19-20H,(H,35,36)(H,37,38)/t19-,20-/m1/s1. The fraction of sp³-hybridized carbons (Fsp3) is 0.154. The summed E-state index contributed by atoms with van der Waals surface area (Å²) in [4.78, 5) is 50.6. The van der Waals surface area contributed by atoms with Gasteiger partial charge in [0.1, 0.15) is 0 Å². The number of aliphatic carboxylic acids is 1. The Morgan fingerprint density at radius 2 is 1.24 bits per heavy atom. The molecule has 0 unspecified atom stereocenters. The molecule has 0 fully saturated rings. The smallest absolute Gasteiger partial charge is 0.416 e. The van der Waals surface area contributed by atoms with Crippen LogP contribution in [-0.4, -0.2) is 41.1 Å². The van der Waals surface area contributed by atoms with Gasteiger partial charge in [-0.1, -0.05) is 23.7 Å². The first kappa shape index (κ1) is 32.4. The molecule has 16 heteroatoms. The summed E-state index contributed by atoms with van der Waals surface area (Å²) in [6.07, 6.45) is -15.0. The van der Waals surface area contributed by atoms with Crippen molar-refractivity contribution in [1.82, 2.24) is 0 Å². The van der Waals surface area contributed by atoms with Crippen LogP contribution in [0.1, 0.15) is 31.8 Å². The summed E-state index contributed by atoms with van der Waals surface area (Å²) in [5.41, 5.74) is -4.13. The largest absolute Gasteiger partial charge is 0.478 e. The highest BCUT2D eigenvalue weighted by molar-refractivity contribution is 9.10. The molecule has 0 radical (unpaired) electrons. The van der Waals surface area contributed by atoms with Crippen LogP contribution in [0.25, 0.3) is 0 Å². The highest BCUT2D eigenvalue weighted by Gasteiger charge is 2.42. The maximum atomic E-state index is 13.1. The molecule has 2 N–H and O–H groups in total. The minimum absolute atomic E-state index is 0.0679. The number of carbonyl (C=O) groups is 4. The van der Waals surface area contributed by atoms with Crippen LogP contribution in [0, 0.1) is 0 Å². The molecule has 3 aromatic carbocycles. The number of hydrogen-bond acceptors (Lipinski definition) is 6. The maximum absolute atomic E-state index is 13.1. The first-order valence-corrected chi connectivity index (χ1v) is 12.4. The number of carboxylic acids is 1. The first-order chi connectivity index (χ1) is 19.5. The summed E-state index contributed by atoms with van der Waals surface area (Å²) in [6.45, 7) is 0. The van der Waals surface area contributed by atoms with Gasteiger partial charge in [0.15, 0.2) is 0 Å². The lowest BCUT2D eigenvalue weighted by atomic mass is 10.1. The lowest BCUT2D eigenvalue weighted by Gasteiger charge is -2.24. The van der Waals surface area contributed by atoms with Gasteiger partial charge in [-0.2, -0.15) is 26.3 Å². The number of amides is 1. The molecule has 2 atom stereocenters. The average Bonchev–Trinajstić information content (AvgIpc) is 2.91. The lowest BCUT2D eigenvalue weighted by molar-refractivity contribution is -0.157. The Balaban J connectivity index is 1.98. The Morgan fingerprint density at radius 3 is 1.67 bits per heavy atom. The Bertz CT molecular complexity index is 1530. The molecule has 1 amide bonds. The van der Waals surface area contributed by atoms with Gasteiger partial charge in [0.2, 0.25) is 12.2 Å². The van der Waals surface area contributed by atoms with E-state index in [-0.39, 0.29) is 10.7 Å². The van der Waals surface area contributed by atoms with Crippen LogP contribution >= 0.6 is 27.5 Å². The van der Waals surface area contributed by atoms with Crippen LogP contribution in [0.15, 0.2) is 71.2 Å². The van der Waals surface area contributed by atoms with Crippen molar-refractivity contribution in [2.24, 2.45) is 0 Å². The average molecular weight is 683 g/mol. The third-order valence-corrected chi connectivity index (χ3v) is 6.52. The van der Waals surface area contributed by atoms with Gasteiger partial charge >= 0.3 is 30.3 Å². The Morgan fingerprint density at radius 1 is 0.762 bits per heavy atom. The van der Waals surface area contributed by atoms with Crippen molar-refractivity contribution in [2.45, 2.75) is 24.6 Å². The van der Waals surface area contributed by atoms with E-state index in [1.165, 1.54) is 18.2 Å². The minimum Gasteiger partial charge on any atom is -0.478 e. The number of rotatable bonds is 8. The van der Waals surface area contributed by atoms with E-state index in [9.17, 15) is 50.6 Å². The van der Waals surface area contributed by atoms with E-state index in [2.05, 4.69) is 21.2 Å².